The number of halogens is 2. The predicted octanol–water partition coefficient (Wildman–Crippen LogP) is 4.12. The largest absolute Gasteiger partial charge is 0.206 e. The molecule has 0 radical (unpaired) electrons. The van der Waals surface area contributed by atoms with Crippen LogP contribution >= 0.6 is 0 Å². The fourth-order valence-corrected chi connectivity index (χ4v) is 2.50. The molecule has 0 aliphatic heterocycles. The van der Waals surface area contributed by atoms with Gasteiger partial charge in [0, 0.05) is 0 Å². The van der Waals surface area contributed by atoms with E-state index in [0.717, 1.165) is 19.3 Å². The molecule has 0 aromatic heterocycles. The van der Waals surface area contributed by atoms with Crippen molar-refractivity contribution in [3.8, 4) is 11.1 Å². The highest BCUT2D eigenvalue weighted by Crippen LogP contribution is 2.30. The summed E-state index contributed by atoms with van der Waals surface area (Å²) in [6.07, 6.45) is 3.23. The minimum absolute atomic E-state index is 0.0854. The summed E-state index contributed by atoms with van der Waals surface area (Å²) in [5.74, 6) is -0.995. The molecule has 0 saturated heterocycles. The molecule has 0 fully saturated rings. The van der Waals surface area contributed by atoms with Crippen LogP contribution in [0.2, 0.25) is 0 Å². The van der Waals surface area contributed by atoms with Crippen molar-refractivity contribution in [2.75, 3.05) is 0 Å². The van der Waals surface area contributed by atoms with Crippen molar-refractivity contribution in [3.05, 3.63) is 59.2 Å². The summed E-state index contributed by atoms with van der Waals surface area (Å²) in [5, 5.41) is 0. The second kappa shape index (κ2) is 3.95. The lowest BCUT2D eigenvalue weighted by Gasteiger charge is -2.07. The molecule has 0 N–H and O–H groups in total. The summed E-state index contributed by atoms with van der Waals surface area (Å²) in [6.45, 7) is 0. The highest BCUT2D eigenvalue weighted by atomic mass is 19.1. The average molecular weight is 230 g/mol. The Balaban J connectivity index is 2.16. The fourth-order valence-electron chi connectivity index (χ4n) is 2.50. The van der Waals surface area contributed by atoms with Crippen LogP contribution in [-0.2, 0) is 12.8 Å². The van der Waals surface area contributed by atoms with Gasteiger partial charge in [-0.1, -0.05) is 24.3 Å². The number of fused-ring (bicyclic) bond motifs is 1. The van der Waals surface area contributed by atoms with E-state index in [1.165, 1.54) is 29.3 Å². The number of benzene rings is 2. The lowest BCUT2D eigenvalue weighted by molar-refractivity contribution is 0.589. The van der Waals surface area contributed by atoms with E-state index in [1.807, 2.05) is 18.2 Å². The van der Waals surface area contributed by atoms with E-state index >= 15 is 0 Å². The molecule has 2 heteroatoms. The van der Waals surface area contributed by atoms with Gasteiger partial charge in [0.05, 0.1) is 5.56 Å². The van der Waals surface area contributed by atoms with Crippen molar-refractivity contribution in [1.82, 2.24) is 0 Å². The van der Waals surface area contributed by atoms with Gasteiger partial charge in [-0.05, 0) is 48.1 Å². The monoisotopic (exact) mass is 230 g/mol. The van der Waals surface area contributed by atoms with Crippen LogP contribution in [0.1, 0.15) is 17.5 Å². The van der Waals surface area contributed by atoms with Crippen LogP contribution in [0.4, 0.5) is 8.78 Å². The zero-order valence-electron chi connectivity index (χ0n) is 9.34. The number of rotatable bonds is 1. The Morgan fingerprint density at radius 2 is 1.53 bits per heavy atom. The van der Waals surface area contributed by atoms with Gasteiger partial charge >= 0.3 is 0 Å². The van der Waals surface area contributed by atoms with Crippen molar-refractivity contribution in [3.63, 3.8) is 0 Å². The number of hydrogen-bond acceptors (Lipinski definition) is 0. The van der Waals surface area contributed by atoms with Gasteiger partial charge in [0.25, 0.3) is 0 Å². The van der Waals surface area contributed by atoms with Gasteiger partial charge in [-0.15, -0.1) is 0 Å². The molecule has 0 amide bonds. The number of aryl methyl sites for hydroxylation is 2. The second-order valence-corrected chi connectivity index (χ2v) is 4.43. The zero-order valence-corrected chi connectivity index (χ0v) is 9.34. The molecule has 0 nitrogen and oxygen atoms in total. The highest BCUT2D eigenvalue weighted by molar-refractivity contribution is 5.66. The molecule has 0 spiro atoms. The van der Waals surface area contributed by atoms with E-state index in [2.05, 4.69) is 0 Å². The van der Waals surface area contributed by atoms with Crippen LogP contribution in [0.15, 0.2) is 36.4 Å². The molecule has 2 aromatic rings. The molecule has 86 valence electrons. The molecule has 1 aliphatic rings. The Kier molecular flexibility index (Phi) is 2.43. The van der Waals surface area contributed by atoms with Crippen molar-refractivity contribution >= 4 is 0 Å². The third-order valence-corrected chi connectivity index (χ3v) is 3.35. The second-order valence-electron chi connectivity index (χ2n) is 4.43. The molecule has 0 saturated carbocycles. The maximum Gasteiger partial charge on any atom is 0.133 e. The fraction of sp³-hybridized carbons (Fsp3) is 0.200. The lowest BCUT2D eigenvalue weighted by Crippen LogP contribution is -1.91. The maximum absolute atomic E-state index is 13.6. The van der Waals surface area contributed by atoms with Crippen LogP contribution in [-0.4, -0.2) is 0 Å². The maximum atomic E-state index is 13.6. The van der Waals surface area contributed by atoms with E-state index in [0.29, 0.717) is 5.56 Å². The first-order valence-corrected chi connectivity index (χ1v) is 5.82. The minimum Gasteiger partial charge on any atom is -0.206 e. The van der Waals surface area contributed by atoms with Gasteiger partial charge in [0.1, 0.15) is 11.6 Å². The number of hydrogen-bond donors (Lipinski definition) is 0. The lowest BCUT2D eigenvalue weighted by atomic mass is 10.00. The Morgan fingerprint density at radius 1 is 0.824 bits per heavy atom. The van der Waals surface area contributed by atoms with Crippen LogP contribution in [0, 0.1) is 11.6 Å². The van der Waals surface area contributed by atoms with Crippen LogP contribution in [0.3, 0.4) is 0 Å². The van der Waals surface area contributed by atoms with Gasteiger partial charge in [-0.2, -0.15) is 0 Å². The molecule has 0 heterocycles. The molecule has 2 aromatic carbocycles. The average Bonchev–Trinajstić information content (AvgIpc) is 2.76. The summed E-state index contributed by atoms with van der Waals surface area (Å²) in [5.41, 5.74) is 3.26. The highest BCUT2D eigenvalue weighted by Gasteiger charge is 2.15. The molecular weight excluding hydrogens is 218 g/mol. The quantitative estimate of drug-likeness (QED) is 0.691. The third-order valence-electron chi connectivity index (χ3n) is 3.35. The van der Waals surface area contributed by atoms with E-state index in [9.17, 15) is 8.78 Å². The van der Waals surface area contributed by atoms with Gasteiger partial charge in [0.2, 0.25) is 0 Å². The molecule has 0 unspecified atom stereocenters. The molecule has 1 aliphatic carbocycles. The topological polar surface area (TPSA) is 0 Å². The van der Waals surface area contributed by atoms with E-state index in [1.54, 1.807) is 0 Å². The SMILES string of the molecule is Fc1cccc(F)c1-c1ccc2c(c1)CCC2. The van der Waals surface area contributed by atoms with Gasteiger partial charge < -0.3 is 0 Å². The summed E-state index contributed by atoms with van der Waals surface area (Å²) < 4.78 is 27.3. The standard InChI is InChI=1S/C15H12F2/c16-13-5-2-6-14(17)15(13)12-8-7-10-3-1-4-11(10)9-12/h2,5-9H,1,3-4H2. The summed E-state index contributed by atoms with van der Waals surface area (Å²) in [6, 6.07) is 9.71. The van der Waals surface area contributed by atoms with Crippen LogP contribution in [0.25, 0.3) is 11.1 Å². The normalized spacial score (nSPS) is 13.8. The smallest absolute Gasteiger partial charge is 0.133 e. The van der Waals surface area contributed by atoms with Crippen LogP contribution in [0.5, 0.6) is 0 Å². The zero-order chi connectivity index (χ0) is 11.8. The Morgan fingerprint density at radius 3 is 2.29 bits per heavy atom. The molecule has 3 rings (SSSR count). The molecule has 0 atom stereocenters. The van der Waals surface area contributed by atoms with Crippen molar-refractivity contribution in [2.45, 2.75) is 19.3 Å². The van der Waals surface area contributed by atoms with Gasteiger partial charge in [-0.25, -0.2) is 8.78 Å². The first-order valence-electron chi connectivity index (χ1n) is 5.82. The van der Waals surface area contributed by atoms with Gasteiger partial charge in [0.15, 0.2) is 0 Å². The van der Waals surface area contributed by atoms with Crippen molar-refractivity contribution in [2.24, 2.45) is 0 Å². The summed E-state index contributed by atoms with van der Waals surface area (Å²) in [4.78, 5) is 0. The Labute approximate surface area is 98.9 Å². The van der Waals surface area contributed by atoms with E-state index < -0.39 is 11.6 Å². The predicted molar refractivity (Wildman–Crippen MR) is 63.8 cm³/mol. The molecular formula is C15H12F2. The Hall–Kier alpha value is -1.70. The molecule has 0 bridgehead atoms. The van der Waals surface area contributed by atoms with E-state index in [-0.39, 0.29) is 5.56 Å². The first-order chi connectivity index (χ1) is 8.25. The Bertz CT molecular complexity index is 553. The van der Waals surface area contributed by atoms with Crippen LogP contribution < -0.4 is 0 Å². The summed E-state index contributed by atoms with van der Waals surface area (Å²) >= 11 is 0. The minimum atomic E-state index is -0.497. The first kappa shape index (κ1) is 10.5. The van der Waals surface area contributed by atoms with Gasteiger partial charge in [-0.3, -0.25) is 0 Å². The van der Waals surface area contributed by atoms with Crippen molar-refractivity contribution < 1.29 is 8.78 Å². The van der Waals surface area contributed by atoms with Crippen molar-refractivity contribution in [1.29, 1.82) is 0 Å². The third kappa shape index (κ3) is 1.74. The molecule has 17 heavy (non-hydrogen) atoms. The summed E-state index contributed by atoms with van der Waals surface area (Å²) in [7, 11) is 0. The van der Waals surface area contributed by atoms with E-state index in [4.69, 9.17) is 0 Å².